The Morgan fingerprint density at radius 2 is 2.00 bits per heavy atom. The van der Waals surface area contributed by atoms with Crippen LogP contribution in [0.3, 0.4) is 0 Å². The molecule has 1 unspecified atom stereocenters. The molecule has 0 bridgehead atoms. The largest absolute Gasteiger partial charge is 0.497 e. The molecule has 1 aromatic carbocycles. The Kier molecular flexibility index (Phi) is 6.62. The number of nitrogens with one attached hydrogen (secondary N) is 1. The van der Waals surface area contributed by atoms with Crippen LogP contribution in [0.5, 0.6) is 11.5 Å². The monoisotopic (exact) mass is 268 g/mol. The predicted octanol–water partition coefficient (Wildman–Crippen LogP) is 0.888. The second kappa shape index (κ2) is 7.99. The highest BCUT2D eigenvalue weighted by Crippen LogP contribution is 2.29. The van der Waals surface area contributed by atoms with Crippen LogP contribution in [0, 0.1) is 0 Å². The van der Waals surface area contributed by atoms with Crippen LogP contribution < -0.4 is 14.8 Å². The second-order valence-electron chi connectivity index (χ2n) is 4.60. The van der Waals surface area contributed by atoms with Crippen molar-refractivity contribution in [3.05, 3.63) is 23.8 Å². The average Bonchev–Trinajstić information content (AvgIpc) is 2.42. The molecule has 0 aliphatic carbocycles. The maximum absolute atomic E-state index is 9.53. The smallest absolute Gasteiger partial charge is 0.127 e. The normalized spacial score (nSPS) is 12.5. The third-order valence-corrected chi connectivity index (χ3v) is 2.95. The Morgan fingerprint density at radius 3 is 2.53 bits per heavy atom. The lowest BCUT2D eigenvalue weighted by Gasteiger charge is -2.21. The van der Waals surface area contributed by atoms with Gasteiger partial charge in [-0.05, 0) is 26.2 Å². The van der Waals surface area contributed by atoms with Crippen molar-refractivity contribution in [2.75, 3.05) is 48.0 Å². The summed E-state index contributed by atoms with van der Waals surface area (Å²) in [7, 11) is 7.27. The van der Waals surface area contributed by atoms with Gasteiger partial charge in [-0.3, -0.25) is 0 Å². The van der Waals surface area contributed by atoms with Gasteiger partial charge in [-0.1, -0.05) is 0 Å². The highest BCUT2D eigenvalue weighted by atomic mass is 16.5. The van der Waals surface area contributed by atoms with Crippen molar-refractivity contribution in [1.82, 2.24) is 10.2 Å². The molecule has 1 atom stereocenters. The van der Waals surface area contributed by atoms with Crippen molar-refractivity contribution in [3.8, 4) is 11.5 Å². The number of hydrogen-bond acceptors (Lipinski definition) is 5. The number of aliphatic hydroxyl groups is 1. The summed E-state index contributed by atoms with van der Waals surface area (Å²) in [5.41, 5.74) is 0.935. The average molecular weight is 268 g/mol. The Morgan fingerprint density at radius 1 is 1.26 bits per heavy atom. The van der Waals surface area contributed by atoms with E-state index in [1.807, 2.05) is 32.3 Å². The van der Waals surface area contributed by atoms with Crippen molar-refractivity contribution in [2.45, 2.75) is 6.04 Å². The van der Waals surface area contributed by atoms with Gasteiger partial charge in [0.15, 0.2) is 0 Å². The summed E-state index contributed by atoms with van der Waals surface area (Å²) >= 11 is 0. The molecule has 0 aliphatic heterocycles. The van der Waals surface area contributed by atoms with Crippen LogP contribution in [0.15, 0.2) is 18.2 Å². The number of aliphatic hydroxyl groups excluding tert-OH is 1. The van der Waals surface area contributed by atoms with E-state index in [1.54, 1.807) is 14.2 Å². The molecular weight excluding hydrogens is 244 g/mol. The zero-order valence-corrected chi connectivity index (χ0v) is 12.1. The van der Waals surface area contributed by atoms with Crippen molar-refractivity contribution in [3.63, 3.8) is 0 Å². The SMILES string of the molecule is COc1ccc(C(CO)NCCN(C)C)c(OC)c1. The standard InChI is InChI=1S/C14H24N2O3/c1-16(2)8-7-15-13(10-17)12-6-5-11(18-3)9-14(12)19-4/h5-6,9,13,15,17H,7-8,10H2,1-4H3. The Labute approximate surface area is 115 Å². The summed E-state index contributed by atoms with van der Waals surface area (Å²) in [6, 6.07) is 5.47. The molecule has 0 saturated carbocycles. The van der Waals surface area contributed by atoms with Crippen LogP contribution >= 0.6 is 0 Å². The molecular formula is C14H24N2O3. The first-order chi connectivity index (χ1) is 9.12. The maximum Gasteiger partial charge on any atom is 0.127 e. The summed E-state index contributed by atoms with van der Waals surface area (Å²) in [5.74, 6) is 1.46. The third-order valence-electron chi connectivity index (χ3n) is 2.95. The minimum Gasteiger partial charge on any atom is -0.497 e. The number of rotatable bonds is 8. The second-order valence-corrected chi connectivity index (χ2v) is 4.60. The first-order valence-corrected chi connectivity index (χ1v) is 6.33. The van der Waals surface area contributed by atoms with Crippen LogP contribution in [-0.2, 0) is 0 Å². The van der Waals surface area contributed by atoms with Crippen molar-refractivity contribution < 1.29 is 14.6 Å². The fourth-order valence-electron chi connectivity index (χ4n) is 1.84. The van der Waals surface area contributed by atoms with Crippen LogP contribution in [0.4, 0.5) is 0 Å². The van der Waals surface area contributed by atoms with Crippen LogP contribution in [0.2, 0.25) is 0 Å². The van der Waals surface area contributed by atoms with E-state index in [9.17, 15) is 5.11 Å². The minimum atomic E-state index is -0.138. The van der Waals surface area contributed by atoms with E-state index in [4.69, 9.17) is 9.47 Å². The van der Waals surface area contributed by atoms with E-state index >= 15 is 0 Å². The van der Waals surface area contributed by atoms with Crippen molar-refractivity contribution >= 4 is 0 Å². The lowest BCUT2D eigenvalue weighted by Crippen LogP contribution is -2.31. The fourth-order valence-corrected chi connectivity index (χ4v) is 1.84. The number of methoxy groups -OCH3 is 2. The van der Waals surface area contributed by atoms with E-state index in [1.165, 1.54) is 0 Å². The lowest BCUT2D eigenvalue weighted by molar-refractivity contribution is 0.237. The number of nitrogens with zero attached hydrogens (tertiary/aromatic N) is 1. The zero-order valence-electron chi connectivity index (χ0n) is 12.1. The third kappa shape index (κ3) is 4.70. The molecule has 0 aliphatic rings. The molecule has 0 radical (unpaired) electrons. The summed E-state index contributed by atoms with van der Waals surface area (Å²) in [4.78, 5) is 2.09. The van der Waals surface area contributed by atoms with Crippen molar-refractivity contribution in [1.29, 1.82) is 0 Å². The first-order valence-electron chi connectivity index (χ1n) is 6.33. The highest BCUT2D eigenvalue weighted by molar-refractivity contribution is 5.42. The van der Waals surface area contributed by atoms with Gasteiger partial charge in [0.1, 0.15) is 11.5 Å². The molecule has 108 valence electrons. The van der Waals surface area contributed by atoms with Gasteiger partial charge in [-0.2, -0.15) is 0 Å². The van der Waals surface area contributed by atoms with Gasteiger partial charge in [-0.15, -0.1) is 0 Å². The summed E-state index contributed by atoms with van der Waals surface area (Å²) in [5, 5.41) is 12.8. The number of benzene rings is 1. The molecule has 1 rings (SSSR count). The van der Waals surface area contributed by atoms with E-state index in [0.29, 0.717) is 0 Å². The predicted molar refractivity (Wildman–Crippen MR) is 75.9 cm³/mol. The molecule has 0 saturated heterocycles. The minimum absolute atomic E-state index is 0.0239. The van der Waals surface area contributed by atoms with E-state index in [2.05, 4.69) is 10.2 Å². The Hall–Kier alpha value is -1.30. The van der Waals surface area contributed by atoms with Gasteiger partial charge >= 0.3 is 0 Å². The van der Waals surface area contributed by atoms with Crippen LogP contribution in [-0.4, -0.2) is 58.0 Å². The molecule has 2 N–H and O–H groups in total. The lowest BCUT2D eigenvalue weighted by atomic mass is 10.1. The Balaban J connectivity index is 2.79. The number of likely N-dealkylation sites (N-methyl/N-ethyl adjacent to an activating group) is 1. The maximum atomic E-state index is 9.53. The molecule has 0 amide bonds. The highest BCUT2D eigenvalue weighted by Gasteiger charge is 2.15. The van der Waals surface area contributed by atoms with Gasteiger partial charge in [0.05, 0.1) is 26.9 Å². The fraction of sp³-hybridized carbons (Fsp3) is 0.571. The molecule has 5 nitrogen and oxygen atoms in total. The molecule has 0 heterocycles. The van der Waals surface area contributed by atoms with E-state index < -0.39 is 0 Å². The summed E-state index contributed by atoms with van der Waals surface area (Å²) in [6.07, 6.45) is 0. The Bertz CT molecular complexity index is 383. The molecule has 0 fully saturated rings. The topological polar surface area (TPSA) is 54.0 Å². The first kappa shape index (κ1) is 15.8. The molecule has 5 heteroatoms. The van der Waals surface area contributed by atoms with Gasteiger partial charge in [-0.25, -0.2) is 0 Å². The summed E-state index contributed by atoms with van der Waals surface area (Å²) in [6.45, 7) is 1.73. The van der Waals surface area contributed by atoms with Gasteiger partial charge in [0.2, 0.25) is 0 Å². The van der Waals surface area contributed by atoms with Crippen LogP contribution in [0.1, 0.15) is 11.6 Å². The molecule has 0 spiro atoms. The number of ether oxygens (including phenoxy) is 2. The summed E-state index contributed by atoms with van der Waals surface area (Å²) < 4.78 is 10.5. The molecule has 0 aromatic heterocycles. The van der Waals surface area contributed by atoms with Crippen LogP contribution in [0.25, 0.3) is 0 Å². The van der Waals surface area contributed by atoms with Gasteiger partial charge < -0.3 is 24.8 Å². The molecule has 1 aromatic rings. The van der Waals surface area contributed by atoms with Crippen molar-refractivity contribution in [2.24, 2.45) is 0 Å². The molecule has 19 heavy (non-hydrogen) atoms. The number of hydrogen-bond donors (Lipinski definition) is 2. The van der Waals surface area contributed by atoms with Gasteiger partial charge in [0, 0.05) is 24.7 Å². The van der Waals surface area contributed by atoms with E-state index in [-0.39, 0.29) is 12.6 Å². The van der Waals surface area contributed by atoms with E-state index in [0.717, 1.165) is 30.2 Å². The zero-order chi connectivity index (χ0) is 14.3. The quantitative estimate of drug-likeness (QED) is 0.733. The van der Waals surface area contributed by atoms with Gasteiger partial charge in [0.25, 0.3) is 0 Å².